The van der Waals surface area contributed by atoms with Gasteiger partial charge in [0.05, 0.1) is 11.4 Å². The molecule has 0 spiro atoms. The van der Waals surface area contributed by atoms with Crippen molar-refractivity contribution in [3.05, 3.63) is 11.4 Å². The van der Waals surface area contributed by atoms with Crippen LogP contribution >= 0.6 is 0 Å². The molecule has 5 nitrogen and oxygen atoms in total. The molecule has 0 fully saturated rings. The van der Waals surface area contributed by atoms with E-state index in [0.717, 1.165) is 31.7 Å². The van der Waals surface area contributed by atoms with Gasteiger partial charge >= 0.3 is 0 Å². The van der Waals surface area contributed by atoms with E-state index in [2.05, 4.69) is 53.2 Å². The van der Waals surface area contributed by atoms with Crippen molar-refractivity contribution in [1.82, 2.24) is 25.2 Å². The quantitative estimate of drug-likeness (QED) is 0.773. The molecule has 0 aromatic carbocycles. The van der Waals surface area contributed by atoms with Crippen molar-refractivity contribution in [3.8, 4) is 0 Å². The van der Waals surface area contributed by atoms with Gasteiger partial charge in [0.1, 0.15) is 0 Å². The second-order valence-corrected chi connectivity index (χ2v) is 4.99. The van der Waals surface area contributed by atoms with E-state index < -0.39 is 0 Å². The van der Waals surface area contributed by atoms with Gasteiger partial charge in [0.2, 0.25) is 0 Å². The highest BCUT2D eigenvalue weighted by Crippen LogP contribution is 2.17. The molecule has 5 heteroatoms. The third-order valence-corrected chi connectivity index (χ3v) is 2.71. The number of rotatable bonds is 7. The van der Waals surface area contributed by atoms with Gasteiger partial charge in [0.15, 0.2) is 0 Å². The highest BCUT2D eigenvalue weighted by Gasteiger charge is 2.15. The van der Waals surface area contributed by atoms with Crippen LogP contribution in [0.2, 0.25) is 0 Å². The summed E-state index contributed by atoms with van der Waals surface area (Å²) in [6, 6.07) is 0. The molecule has 1 N–H and O–H groups in total. The van der Waals surface area contributed by atoms with E-state index in [1.807, 2.05) is 7.05 Å². The molecular weight excluding hydrogens is 214 g/mol. The lowest BCUT2D eigenvalue weighted by molar-refractivity contribution is 0.375. The molecule has 0 saturated carbocycles. The summed E-state index contributed by atoms with van der Waals surface area (Å²) in [6.07, 6.45) is 1.11. The largest absolute Gasteiger partial charge is 0.314 e. The summed E-state index contributed by atoms with van der Waals surface area (Å²) in [6.45, 7) is 7.21. The number of hydrogen-bond donors (Lipinski definition) is 1. The first-order chi connectivity index (χ1) is 8.06. The van der Waals surface area contributed by atoms with E-state index in [-0.39, 0.29) is 0 Å². The van der Waals surface area contributed by atoms with Crippen LogP contribution in [0.15, 0.2) is 0 Å². The van der Waals surface area contributed by atoms with Crippen molar-refractivity contribution in [3.63, 3.8) is 0 Å². The number of aromatic nitrogens is 3. The summed E-state index contributed by atoms with van der Waals surface area (Å²) in [5, 5.41) is 11.7. The average Bonchev–Trinajstić information content (AvgIpc) is 2.61. The Bertz CT molecular complexity index is 330. The Hall–Kier alpha value is -0.940. The predicted molar refractivity (Wildman–Crippen MR) is 70.0 cm³/mol. The molecule has 0 amide bonds. The zero-order valence-corrected chi connectivity index (χ0v) is 11.7. The molecule has 98 valence electrons. The van der Waals surface area contributed by atoms with E-state index in [4.69, 9.17) is 0 Å². The average molecular weight is 239 g/mol. The number of hydrogen-bond acceptors (Lipinski definition) is 4. The maximum atomic E-state index is 4.26. The zero-order chi connectivity index (χ0) is 12.8. The van der Waals surface area contributed by atoms with Crippen LogP contribution in [0, 0.1) is 0 Å². The van der Waals surface area contributed by atoms with Crippen molar-refractivity contribution in [2.75, 3.05) is 27.7 Å². The molecule has 1 aromatic rings. The van der Waals surface area contributed by atoms with E-state index in [1.54, 1.807) is 0 Å². The smallest absolute Gasteiger partial charge is 0.0999 e. The third-order valence-electron chi connectivity index (χ3n) is 2.71. The maximum absolute atomic E-state index is 4.26. The third kappa shape index (κ3) is 4.09. The first kappa shape index (κ1) is 14.1. The van der Waals surface area contributed by atoms with Gasteiger partial charge in [-0.3, -0.25) is 0 Å². The highest BCUT2D eigenvalue weighted by molar-refractivity contribution is 5.14. The molecule has 0 unspecified atom stereocenters. The number of aryl methyl sites for hydroxylation is 1. The Labute approximate surface area is 104 Å². The topological polar surface area (TPSA) is 46.0 Å². The van der Waals surface area contributed by atoms with Gasteiger partial charge in [-0.25, -0.2) is 4.68 Å². The van der Waals surface area contributed by atoms with Crippen molar-refractivity contribution in [2.24, 2.45) is 0 Å². The van der Waals surface area contributed by atoms with E-state index >= 15 is 0 Å². The van der Waals surface area contributed by atoms with Gasteiger partial charge in [-0.05, 0) is 40.0 Å². The van der Waals surface area contributed by atoms with Crippen LogP contribution in [0.3, 0.4) is 0 Å². The normalized spacial score (nSPS) is 11.7. The van der Waals surface area contributed by atoms with Gasteiger partial charge in [0.25, 0.3) is 0 Å². The predicted octanol–water partition coefficient (Wildman–Crippen LogP) is 1.07. The van der Waals surface area contributed by atoms with Crippen LogP contribution in [0.5, 0.6) is 0 Å². The highest BCUT2D eigenvalue weighted by atomic mass is 15.4. The Morgan fingerprint density at radius 1 is 1.35 bits per heavy atom. The minimum atomic E-state index is 0.465. The molecule has 1 rings (SSSR count). The van der Waals surface area contributed by atoms with Crippen LogP contribution in [0.1, 0.15) is 37.6 Å². The maximum Gasteiger partial charge on any atom is 0.0999 e. The van der Waals surface area contributed by atoms with Crippen LogP contribution in [-0.4, -0.2) is 47.6 Å². The molecule has 0 aliphatic rings. The molecule has 1 aromatic heterocycles. The van der Waals surface area contributed by atoms with Crippen LogP contribution in [0.25, 0.3) is 0 Å². The van der Waals surface area contributed by atoms with Gasteiger partial charge < -0.3 is 10.2 Å². The summed E-state index contributed by atoms with van der Waals surface area (Å²) in [5.74, 6) is 0.465. The fourth-order valence-corrected chi connectivity index (χ4v) is 1.98. The fourth-order valence-electron chi connectivity index (χ4n) is 1.98. The zero-order valence-electron chi connectivity index (χ0n) is 11.7. The van der Waals surface area contributed by atoms with E-state index in [0.29, 0.717) is 5.92 Å². The van der Waals surface area contributed by atoms with Crippen molar-refractivity contribution >= 4 is 0 Å². The SMILES string of the molecule is CNCc1nnn(CCCN(C)C)c1C(C)C. The Kier molecular flexibility index (Phi) is 5.58. The molecule has 0 aliphatic carbocycles. The molecule has 0 saturated heterocycles. The second-order valence-electron chi connectivity index (χ2n) is 4.99. The lowest BCUT2D eigenvalue weighted by Gasteiger charge is -2.13. The minimum Gasteiger partial charge on any atom is -0.314 e. The summed E-state index contributed by atoms with van der Waals surface area (Å²) in [7, 11) is 6.13. The van der Waals surface area contributed by atoms with Gasteiger partial charge in [-0.1, -0.05) is 19.1 Å². The van der Waals surface area contributed by atoms with Crippen molar-refractivity contribution < 1.29 is 0 Å². The number of nitrogens with one attached hydrogen (secondary N) is 1. The standard InChI is InChI=1S/C12H25N5/c1-10(2)12-11(9-13-3)14-15-17(12)8-6-7-16(4)5/h10,13H,6-9H2,1-5H3. The molecule has 0 radical (unpaired) electrons. The Balaban J connectivity index is 2.70. The van der Waals surface area contributed by atoms with Crippen molar-refractivity contribution in [2.45, 2.75) is 39.3 Å². The lowest BCUT2D eigenvalue weighted by atomic mass is 10.1. The summed E-state index contributed by atoms with van der Waals surface area (Å²) < 4.78 is 2.06. The first-order valence-corrected chi connectivity index (χ1v) is 6.27. The molecule has 0 atom stereocenters. The minimum absolute atomic E-state index is 0.465. The molecule has 17 heavy (non-hydrogen) atoms. The van der Waals surface area contributed by atoms with E-state index in [9.17, 15) is 0 Å². The van der Waals surface area contributed by atoms with Crippen molar-refractivity contribution in [1.29, 1.82) is 0 Å². The summed E-state index contributed by atoms with van der Waals surface area (Å²) >= 11 is 0. The Morgan fingerprint density at radius 3 is 2.59 bits per heavy atom. The van der Waals surface area contributed by atoms with Crippen LogP contribution in [-0.2, 0) is 13.1 Å². The van der Waals surface area contributed by atoms with Gasteiger partial charge in [0, 0.05) is 13.1 Å². The number of nitrogens with zero attached hydrogens (tertiary/aromatic N) is 4. The van der Waals surface area contributed by atoms with Crippen LogP contribution < -0.4 is 5.32 Å². The summed E-state index contributed by atoms with van der Waals surface area (Å²) in [4.78, 5) is 2.19. The monoisotopic (exact) mass is 239 g/mol. The Morgan fingerprint density at radius 2 is 2.06 bits per heavy atom. The fraction of sp³-hybridized carbons (Fsp3) is 0.833. The second kappa shape index (κ2) is 6.71. The van der Waals surface area contributed by atoms with Crippen LogP contribution in [0.4, 0.5) is 0 Å². The molecular formula is C12H25N5. The van der Waals surface area contributed by atoms with E-state index in [1.165, 1.54) is 5.69 Å². The summed E-state index contributed by atoms with van der Waals surface area (Å²) in [5.41, 5.74) is 2.34. The first-order valence-electron chi connectivity index (χ1n) is 6.27. The lowest BCUT2D eigenvalue weighted by Crippen LogP contribution is -2.17. The molecule has 1 heterocycles. The van der Waals surface area contributed by atoms with Gasteiger partial charge in [-0.2, -0.15) is 0 Å². The van der Waals surface area contributed by atoms with Gasteiger partial charge in [-0.15, -0.1) is 5.10 Å². The molecule has 0 bridgehead atoms. The molecule has 0 aliphatic heterocycles.